The molecule has 25 heavy (non-hydrogen) atoms. The third-order valence-electron chi connectivity index (χ3n) is 4.65. The molecule has 3 N–H and O–H groups in total. The number of rotatable bonds is 4. The number of carbonyl (C=O) groups is 2. The molecule has 0 radical (unpaired) electrons. The van der Waals surface area contributed by atoms with E-state index in [4.69, 9.17) is 10.6 Å². The molecule has 1 fully saturated rings. The van der Waals surface area contributed by atoms with Crippen molar-refractivity contribution in [2.45, 2.75) is 64.6 Å². The fourth-order valence-electron chi connectivity index (χ4n) is 3.51. The fourth-order valence-corrected chi connectivity index (χ4v) is 3.51. The van der Waals surface area contributed by atoms with E-state index in [2.05, 4.69) is 5.43 Å². The van der Waals surface area contributed by atoms with Gasteiger partial charge in [0.2, 0.25) is 5.91 Å². The zero-order valence-corrected chi connectivity index (χ0v) is 15.3. The molecule has 2 amide bonds. The van der Waals surface area contributed by atoms with Crippen molar-refractivity contribution < 1.29 is 14.3 Å². The van der Waals surface area contributed by atoms with E-state index in [9.17, 15) is 9.59 Å². The van der Waals surface area contributed by atoms with Crippen LogP contribution in [0.25, 0.3) is 0 Å². The lowest BCUT2D eigenvalue weighted by molar-refractivity contribution is -0.127. The maximum absolute atomic E-state index is 12.8. The maximum Gasteiger partial charge on any atom is 0.410 e. The van der Waals surface area contributed by atoms with Crippen LogP contribution in [0.1, 0.15) is 52.0 Å². The van der Waals surface area contributed by atoms with Crippen LogP contribution in [0, 0.1) is 5.92 Å². The van der Waals surface area contributed by atoms with Crippen molar-refractivity contribution in [2.75, 3.05) is 0 Å². The Labute approximate surface area is 149 Å². The number of carbonyl (C=O) groups excluding carboxylic acids is 2. The Morgan fingerprint density at radius 3 is 2.52 bits per heavy atom. The molecule has 1 aromatic carbocycles. The lowest BCUT2D eigenvalue weighted by atomic mass is 9.83. The zero-order valence-electron chi connectivity index (χ0n) is 15.3. The van der Waals surface area contributed by atoms with E-state index < -0.39 is 0 Å². The van der Waals surface area contributed by atoms with Gasteiger partial charge in [-0.15, -0.1) is 0 Å². The predicted molar refractivity (Wildman–Crippen MR) is 96.3 cm³/mol. The number of amides is 2. The summed E-state index contributed by atoms with van der Waals surface area (Å²) in [5.74, 6) is 4.96. The number of hydrogen-bond donors (Lipinski definition) is 2. The Morgan fingerprint density at radius 2 is 1.92 bits per heavy atom. The second-order valence-electron chi connectivity index (χ2n) is 7.61. The summed E-state index contributed by atoms with van der Waals surface area (Å²) < 4.78 is 5.55. The highest BCUT2D eigenvalue weighted by Gasteiger charge is 2.38. The van der Waals surface area contributed by atoms with E-state index >= 15 is 0 Å². The smallest absolute Gasteiger partial charge is 0.410 e. The van der Waals surface area contributed by atoms with Crippen LogP contribution in [0.3, 0.4) is 0 Å². The molecule has 0 aromatic heterocycles. The minimum atomic E-state index is -0.389. The van der Waals surface area contributed by atoms with Gasteiger partial charge < -0.3 is 9.64 Å². The largest absolute Gasteiger partial charge is 0.445 e. The van der Waals surface area contributed by atoms with Crippen molar-refractivity contribution in [2.24, 2.45) is 11.8 Å². The number of hydrazine groups is 1. The Hall–Kier alpha value is -2.08. The van der Waals surface area contributed by atoms with E-state index in [0.717, 1.165) is 24.8 Å². The Balaban J connectivity index is 2.07. The summed E-state index contributed by atoms with van der Waals surface area (Å²) in [5, 5.41) is 0. The van der Waals surface area contributed by atoms with Gasteiger partial charge in [0.05, 0.1) is 0 Å². The van der Waals surface area contributed by atoms with Crippen LogP contribution in [0.15, 0.2) is 30.3 Å². The first-order chi connectivity index (χ1) is 11.8. The molecular weight excluding hydrogens is 318 g/mol. The minimum absolute atomic E-state index is 0.0284. The minimum Gasteiger partial charge on any atom is -0.445 e. The lowest BCUT2D eigenvalue weighted by Crippen LogP contribution is -2.54. The molecule has 0 spiro atoms. The lowest BCUT2D eigenvalue weighted by Gasteiger charge is -2.43. The van der Waals surface area contributed by atoms with Crippen LogP contribution < -0.4 is 11.3 Å². The molecule has 2 atom stereocenters. The van der Waals surface area contributed by atoms with Gasteiger partial charge in [-0.25, -0.2) is 10.6 Å². The van der Waals surface area contributed by atoms with Crippen LogP contribution in [0.4, 0.5) is 4.79 Å². The molecule has 6 nitrogen and oxygen atoms in total. The van der Waals surface area contributed by atoms with Gasteiger partial charge in [0, 0.05) is 17.5 Å². The highest BCUT2D eigenvalue weighted by Crippen LogP contribution is 2.32. The van der Waals surface area contributed by atoms with Gasteiger partial charge in [-0.3, -0.25) is 10.2 Å². The topological polar surface area (TPSA) is 84.7 Å². The second-order valence-corrected chi connectivity index (χ2v) is 7.61. The van der Waals surface area contributed by atoms with Crippen LogP contribution in [0.2, 0.25) is 0 Å². The molecule has 6 heteroatoms. The van der Waals surface area contributed by atoms with E-state index in [0.29, 0.717) is 6.42 Å². The van der Waals surface area contributed by atoms with Crippen molar-refractivity contribution >= 4 is 12.0 Å². The molecule has 0 unspecified atom stereocenters. The average Bonchev–Trinajstić information content (AvgIpc) is 2.59. The first-order valence-corrected chi connectivity index (χ1v) is 8.83. The molecule has 0 bridgehead atoms. The first kappa shape index (κ1) is 19.2. The molecule has 0 saturated heterocycles. The van der Waals surface area contributed by atoms with Gasteiger partial charge >= 0.3 is 6.09 Å². The molecule has 138 valence electrons. The standard InChI is InChI=1S/C19H29N3O3/c1-19(2,3)22(16-11-7-10-15(12-16)17(23)21-20)18(24)25-13-14-8-5-4-6-9-14/h4-6,8-9,15-16H,7,10-13,20H2,1-3H3,(H,21,23)/t15-,16+/m0/s1. The van der Waals surface area contributed by atoms with Crippen LogP contribution >= 0.6 is 0 Å². The number of nitrogens with one attached hydrogen (secondary N) is 1. The normalized spacial score (nSPS) is 20.6. The average molecular weight is 347 g/mol. The van der Waals surface area contributed by atoms with Crippen molar-refractivity contribution in [3.63, 3.8) is 0 Å². The van der Waals surface area contributed by atoms with Crippen molar-refractivity contribution in [1.29, 1.82) is 0 Å². The predicted octanol–water partition coefficient (Wildman–Crippen LogP) is 2.97. The number of ether oxygens (including phenoxy) is 1. The summed E-state index contributed by atoms with van der Waals surface area (Å²) in [4.78, 5) is 26.5. The Morgan fingerprint density at radius 1 is 1.24 bits per heavy atom. The molecular formula is C19H29N3O3. The van der Waals surface area contributed by atoms with E-state index in [1.54, 1.807) is 4.90 Å². The van der Waals surface area contributed by atoms with E-state index in [1.165, 1.54) is 0 Å². The summed E-state index contributed by atoms with van der Waals surface area (Å²) >= 11 is 0. The van der Waals surface area contributed by atoms with Gasteiger partial charge in [-0.1, -0.05) is 36.8 Å². The highest BCUT2D eigenvalue weighted by atomic mass is 16.6. The van der Waals surface area contributed by atoms with Gasteiger partial charge in [0.25, 0.3) is 0 Å². The quantitative estimate of drug-likeness (QED) is 0.498. The van der Waals surface area contributed by atoms with E-state index in [-0.39, 0.29) is 36.1 Å². The second kappa shape index (κ2) is 8.34. The Kier molecular flexibility index (Phi) is 6.42. The van der Waals surface area contributed by atoms with Gasteiger partial charge in [-0.2, -0.15) is 0 Å². The summed E-state index contributed by atoms with van der Waals surface area (Å²) in [5.41, 5.74) is 2.80. The third-order valence-corrected chi connectivity index (χ3v) is 4.65. The van der Waals surface area contributed by atoms with Crippen molar-refractivity contribution in [1.82, 2.24) is 10.3 Å². The molecule has 0 heterocycles. The third kappa shape index (κ3) is 5.19. The van der Waals surface area contributed by atoms with Gasteiger partial charge in [0.1, 0.15) is 6.61 Å². The summed E-state index contributed by atoms with van der Waals surface area (Å²) in [6.07, 6.45) is 2.83. The molecule has 1 saturated carbocycles. The summed E-state index contributed by atoms with van der Waals surface area (Å²) in [6, 6.07) is 9.59. The maximum atomic E-state index is 12.8. The fraction of sp³-hybridized carbons (Fsp3) is 0.579. The molecule has 1 aromatic rings. The molecule has 2 rings (SSSR count). The SMILES string of the molecule is CC(C)(C)N(C(=O)OCc1ccccc1)[C@@H]1CCC[C@H](C(=O)NN)C1. The van der Waals surface area contributed by atoms with Gasteiger partial charge in [0.15, 0.2) is 0 Å². The number of nitrogens with zero attached hydrogens (tertiary/aromatic N) is 1. The summed E-state index contributed by atoms with van der Waals surface area (Å²) in [7, 11) is 0. The monoisotopic (exact) mass is 347 g/mol. The number of benzene rings is 1. The number of hydrogen-bond acceptors (Lipinski definition) is 4. The molecule has 1 aliphatic carbocycles. The molecule has 1 aliphatic rings. The Bertz CT molecular complexity index is 583. The molecule has 0 aliphatic heterocycles. The van der Waals surface area contributed by atoms with Gasteiger partial charge in [-0.05, 0) is 45.6 Å². The van der Waals surface area contributed by atoms with E-state index in [1.807, 2.05) is 51.1 Å². The van der Waals surface area contributed by atoms with Crippen molar-refractivity contribution in [3.8, 4) is 0 Å². The van der Waals surface area contributed by atoms with Crippen LogP contribution in [-0.2, 0) is 16.1 Å². The highest BCUT2D eigenvalue weighted by molar-refractivity contribution is 5.78. The number of nitrogens with two attached hydrogens (primary N) is 1. The van der Waals surface area contributed by atoms with Crippen molar-refractivity contribution in [3.05, 3.63) is 35.9 Å². The first-order valence-electron chi connectivity index (χ1n) is 8.83. The van der Waals surface area contributed by atoms with Crippen LogP contribution in [0.5, 0.6) is 0 Å². The summed E-state index contributed by atoms with van der Waals surface area (Å²) in [6.45, 7) is 6.21. The zero-order chi connectivity index (χ0) is 18.4. The van der Waals surface area contributed by atoms with Crippen LogP contribution in [-0.4, -0.2) is 28.5 Å².